The van der Waals surface area contributed by atoms with Gasteiger partial charge >= 0.3 is 6.18 Å². The molecular weight excluding hydrogens is 416 g/mol. The first-order valence-electron chi connectivity index (χ1n) is 9.02. The SMILES string of the molecule is C.C[C@H](CO)n1ccc2c(NC(=O)Cc3ccc(F)c(C(F)(F)F)c3)cccc2c1=O. The fraction of sp³-hybridized carbons (Fsp3) is 0.273. The minimum Gasteiger partial charge on any atom is -0.394 e. The van der Waals surface area contributed by atoms with Gasteiger partial charge in [0.25, 0.3) is 5.56 Å². The highest BCUT2D eigenvalue weighted by molar-refractivity contribution is 6.02. The van der Waals surface area contributed by atoms with Crippen molar-refractivity contribution in [2.24, 2.45) is 0 Å². The smallest absolute Gasteiger partial charge is 0.394 e. The van der Waals surface area contributed by atoms with E-state index in [1.165, 1.54) is 10.8 Å². The Morgan fingerprint density at radius 2 is 1.87 bits per heavy atom. The zero-order valence-corrected chi connectivity index (χ0v) is 15.8. The van der Waals surface area contributed by atoms with Crippen molar-refractivity contribution in [1.29, 1.82) is 0 Å². The average molecular weight is 438 g/mol. The van der Waals surface area contributed by atoms with Gasteiger partial charge in [-0.3, -0.25) is 9.59 Å². The van der Waals surface area contributed by atoms with Crippen molar-refractivity contribution < 1.29 is 27.5 Å². The summed E-state index contributed by atoms with van der Waals surface area (Å²) >= 11 is 0. The Hall–Kier alpha value is -3.20. The summed E-state index contributed by atoms with van der Waals surface area (Å²) in [6.07, 6.45) is -3.77. The van der Waals surface area contributed by atoms with E-state index in [9.17, 15) is 32.3 Å². The number of hydrogen-bond donors (Lipinski definition) is 2. The number of carbonyl (C=O) groups is 1. The van der Waals surface area contributed by atoms with Crippen LogP contribution in [0.2, 0.25) is 0 Å². The van der Waals surface area contributed by atoms with Crippen LogP contribution in [0.5, 0.6) is 0 Å². The maximum absolute atomic E-state index is 13.4. The summed E-state index contributed by atoms with van der Waals surface area (Å²) in [6, 6.07) is 8.27. The summed E-state index contributed by atoms with van der Waals surface area (Å²) in [4.78, 5) is 25.0. The molecule has 0 unspecified atom stereocenters. The zero-order chi connectivity index (χ0) is 22.1. The molecule has 31 heavy (non-hydrogen) atoms. The average Bonchev–Trinajstić information content (AvgIpc) is 2.69. The third kappa shape index (κ3) is 5.11. The van der Waals surface area contributed by atoms with E-state index in [0.29, 0.717) is 28.6 Å². The molecule has 9 heteroatoms. The molecule has 3 rings (SSSR count). The van der Waals surface area contributed by atoms with Crippen molar-refractivity contribution in [3.8, 4) is 0 Å². The number of pyridine rings is 1. The predicted octanol–water partition coefficient (Wildman–Crippen LogP) is 4.53. The molecule has 1 amide bonds. The van der Waals surface area contributed by atoms with Gasteiger partial charge in [-0.25, -0.2) is 4.39 Å². The van der Waals surface area contributed by atoms with Gasteiger partial charge in [-0.05, 0) is 42.8 Å². The first-order chi connectivity index (χ1) is 14.1. The van der Waals surface area contributed by atoms with Crippen LogP contribution in [-0.4, -0.2) is 22.2 Å². The number of benzene rings is 2. The second kappa shape index (κ2) is 9.30. The lowest BCUT2D eigenvalue weighted by atomic mass is 10.1. The van der Waals surface area contributed by atoms with Crippen LogP contribution in [-0.2, 0) is 17.4 Å². The third-order valence-electron chi connectivity index (χ3n) is 4.69. The van der Waals surface area contributed by atoms with Gasteiger partial charge < -0.3 is 15.0 Å². The molecule has 0 aliphatic carbocycles. The summed E-state index contributed by atoms with van der Waals surface area (Å²) in [6.45, 7) is 1.45. The van der Waals surface area contributed by atoms with E-state index in [1.54, 1.807) is 31.2 Å². The summed E-state index contributed by atoms with van der Waals surface area (Å²) in [7, 11) is 0. The molecule has 0 spiro atoms. The monoisotopic (exact) mass is 438 g/mol. The molecule has 0 saturated heterocycles. The lowest BCUT2D eigenvalue weighted by molar-refractivity contribution is -0.140. The van der Waals surface area contributed by atoms with Crippen LogP contribution in [0.4, 0.5) is 23.2 Å². The fourth-order valence-corrected chi connectivity index (χ4v) is 3.12. The van der Waals surface area contributed by atoms with Crippen LogP contribution < -0.4 is 10.9 Å². The molecule has 5 nitrogen and oxygen atoms in total. The Morgan fingerprint density at radius 1 is 1.16 bits per heavy atom. The van der Waals surface area contributed by atoms with Crippen LogP contribution in [0.1, 0.15) is 31.5 Å². The van der Waals surface area contributed by atoms with Crippen LogP contribution >= 0.6 is 0 Å². The van der Waals surface area contributed by atoms with Crippen molar-refractivity contribution in [3.05, 3.63) is 76.0 Å². The number of nitrogens with one attached hydrogen (secondary N) is 1. The van der Waals surface area contributed by atoms with Crippen LogP contribution in [0.25, 0.3) is 10.8 Å². The normalized spacial score (nSPS) is 12.3. The predicted molar refractivity (Wildman–Crippen MR) is 110 cm³/mol. The maximum Gasteiger partial charge on any atom is 0.419 e. The highest BCUT2D eigenvalue weighted by Gasteiger charge is 2.34. The second-order valence-corrected chi connectivity index (χ2v) is 6.86. The lowest BCUT2D eigenvalue weighted by Gasteiger charge is -2.15. The summed E-state index contributed by atoms with van der Waals surface area (Å²) in [5.74, 6) is -2.02. The molecule has 0 bridgehead atoms. The highest BCUT2D eigenvalue weighted by Crippen LogP contribution is 2.32. The first kappa shape index (κ1) is 24.1. The Balaban J connectivity index is 0.00000341. The van der Waals surface area contributed by atoms with Crippen molar-refractivity contribution in [2.45, 2.75) is 33.0 Å². The molecule has 0 saturated carbocycles. The molecule has 0 fully saturated rings. The number of nitrogens with zero attached hydrogens (tertiary/aromatic N) is 1. The van der Waals surface area contributed by atoms with Gasteiger partial charge in [-0.15, -0.1) is 0 Å². The molecule has 2 N–H and O–H groups in total. The lowest BCUT2D eigenvalue weighted by Crippen LogP contribution is -2.25. The minimum atomic E-state index is -4.86. The summed E-state index contributed by atoms with van der Waals surface area (Å²) in [5.41, 5.74) is -1.47. The number of aromatic nitrogens is 1. The van der Waals surface area contributed by atoms with Gasteiger partial charge in [0.1, 0.15) is 5.82 Å². The molecule has 1 aromatic heterocycles. The van der Waals surface area contributed by atoms with E-state index in [0.717, 1.165) is 6.07 Å². The largest absolute Gasteiger partial charge is 0.419 e. The number of hydrogen-bond acceptors (Lipinski definition) is 3. The Labute approximate surface area is 175 Å². The Kier molecular flexibility index (Phi) is 7.22. The number of amides is 1. The van der Waals surface area contributed by atoms with Crippen molar-refractivity contribution in [1.82, 2.24) is 4.57 Å². The molecular formula is C22H22F4N2O3. The van der Waals surface area contributed by atoms with Gasteiger partial charge in [0.2, 0.25) is 5.91 Å². The van der Waals surface area contributed by atoms with Gasteiger partial charge in [0.15, 0.2) is 0 Å². The molecule has 1 heterocycles. The zero-order valence-electron chi connectivity index (χ0n) is 15.8. The maximum atomic E-state index is 13.4. The topological polar surface area (TPSA) is 71.3 Å². The van der Waals surface area contributed by atoms with Crippen LogP contribution in [0.3, 0.4) is 0 Å². The van der Waals surface area contributed by atoms with E-state index in [2.05, 4.69) is 5.32 Å². The molecule has 2 aromatic carbocycles. The second-order valence-electron chi connectivity index (χ2n) is 6.86. The standard InChI is InChI=1S/C21H18F4N2O3.CH4/c1-12(11-28)27-8-7-14-15(20(27)30)3-2-4-18(14)26-19(29)10-13-5-6-17(22)16(9-13)21(23,24)25;/h2-9,12,28H,10-11H2,1H3,(H,26,29);1H4/t12-;/m1./s1. The Morgan fingerprint density at radius 3 is 2.52 bits per heavy atom. The van der Waals surface area contributed by atoms with E-state index in [-0.39, 0.29) is 25.2 Å². The number of alkyl halides is 3. The van der Waals surface area contributed by atoms with Crippen molar-refractivity contribution in [2.75, 3.05) is 11.9 Å². The first-order valence-corrected chi connectivity index (χ1v) is 9.02. The fourth-order valence-electron chi connectivity index (χ4n) is 3.12. The quantitative estimate of drug-likeness (QED) is 0.575. The molecule has 0 aliphatic heterocycles. The van der Waals surface area contributed by atoms with Gasteiger partial charge in [-0.2, -0.15) is 13.2 Å². The van der Waals surface area contributed by atoms with E-state index >= 15 is 0 Å². The number of rotatable bonds is 5. The van der Waals surface area contributed by atoms with Gasteiger partial charge in [0, 0.05) is 22.7 Å². The number of carbonyl (C=O) groups excluding carboxylic acids is 1. The van der Waals surface area contributed by atoms with Crippen molar-refractivity contribution in [3.63, 3.8) is 0 Å². The van der Waals surface area contributed by atoms with E-state index in [4.69, 9.17) is 0 Å². The molecule has 3 aromatic rings. The Bertz CT molecular complexity index is 1160. The molecule has 166 valence electrons. The van der Waals surface area contributed by atoms with Crippen molar-refractivity contribution >= 4 is 22.4 Å². The van der Waals surface area contributed by atoms with Gasteiger partial charge in [0.05, 0.1) is 24.6 Å². The van der Waals surface area contributed by atoms with E-state index in [1.807, 2.05) is 0 Å². The number of fused-ring (bicyclic) bond motifs is 1. The highest BCUT2D eigenvalue weighted by atomic mass is 19.4. The van der Waals surface area contributed by atoms with E-state index < -0.39 is 35.9 Å². The van der Waals surface area contributed by atoms with Crippen LogP contribution in [0.15, 0.2) is 53.5 Å². The minimum absolute atomic E-state index is 0. The number of aliphatic hydroxyl groups is 1. The summed E-state index contributed by atoms with van der Waals surface area (Å²) in [5, 5.41) is 12.6. The summed E-state index contributed by atoms with van der Waals surface area (Å²) < 4.78 is 53.3. The van der Waals surface area contributed by atoms with Gasteiger partial charge in [-0.1, -0.05) is 19.6 Å². The number of halogens is 4. The molecule has 1 atom stereocenters. The molecule has 0 radical (unpaired) electrons. The van der Waals surface area contributed by atoms with Crippen LogP contribution in [0, 0.1) is 5.82 Å². The number of aliphatic hydroxyl groups excluding tert-OH is 1. The number of anilines is 1. The third-order valence-corrected chi connectivity index (χ3v) is 4.69. The molecule has 0 aliphatic rings.